The molecule has 0 radical (unpaired) electrons. The minimum atomic E-state index is -2.63. The van der Waals surface area contributed by atoms with Crippen molar-refractivity contribution < 1.29 is 76.9 Å². The van der Waals surface area contributed by atoms with Gasteiger partial charge in [0.15, 0.2) is 23.6 Å². The van der Waals surface area contributed by atoms with Crippen LogP contribution in [0.3, 0.4) is 0 Å². The van der Waals surface area contributed by atoms with Crippen molar-refractivity contribution in [2.75, 3.05) is 19.8 Å². The Kier molecular flexibility index (Phi) is 16.0. The number of Topliss-reactive ketones (excluding diaryl/α,β-unsaturated/α-hetero) is 1. The van der Waals surface area contributed by atoms with Gasteiger partial charge in [-0.3, -0.25) is 9.59 Å². The van der Waals surface area contributed by atoms with Gasteiger partial charge in [0.05, 0.1) is 29.5 Å². The number of benzene rings is 2. The maximum absolute atomic E-state index is 16.2. The highest BCUT2D eigenvalue weighted by Crippen LogP contribution is 2.65. The molecule has 0 aromatic heterocycles. The molecule has 2 N–H and O–H groups in total. The van der Waals surface area contributed by atoms with Crippen molar-refractivity contribution in [3.8, 4) is 0 Å². The van der Waals surface area contributed by atoms with E-state index in [4.69, 9.17) is 108 Å². The van der Waals surface area contributed by atoms with Crippen molar-refractivity contribution in [1.82, 2.24) is 0 Å². The molecule has 0 amide bonds. The van der Waals surface area contributed by atoms with E-state index in [1.54, 1.807) is 24.3 Å². The number of hydrogen-bond donors (Lipinski definition) is 2. The summed E-state index contributed by atoms with van der Waals surface area (Å²) >= 11 is 35.2. The molecule has 2 bridgehead atoms. The monoisotopic (exact) mass is 1080 g/mol. The molecule has 3 aliphatic carbocycles. The Morgan fingerprint density at radius 1 is 0.884 bits per heavy atom. The molecule has 4 aliphatic rings. The summed E-state index contributed by atoms with van der Waals surface area (Å²) in [6, 6.07) is 13.7. The van der Waals surface area contributed by atoms with Gasteiger partial charge in [-0.1, -0.05) is 137 Å². The number of rotatable bonds is 12. The van der Waals surface area contributed by atoms with Gasteiger partial charge >= 0.3 is 30.2 Å². The number of halogens is 6. The zero-order chi connectivity index (χ0) is 51.1. The maximum atomic E-state index is 16.2. The number of carbonyl (C=O) groups excluding carboxylic acids is 6. The molecule has 2 saturated carbocycles. The van der Waals surface area contributed by atoms with Crippen LogP contribution in [0.25, 0.3) is 10.4 Å². The second-order valence-corrected chi connectivity index (χ2v) is 22.6. The number of fused-ring (bicyclic) bond motifs is 5. The topological polar surface area (TPSA) is 265 Å². The van der Waals surface area contributed by atoms with Gasteiger partial charge < -0.3 is 48.1 Å². The fraction of sp³-hybridized carbons (Fsp3) is 0.545. The molecular formula is C44H45Cl6N3O16. The van der Waals surface area contributed by atoms with E-state index >= 15 is 4.79 Å². The van der Waals surface area contributed by atoms with E-state index in [0.29, 0.717) is 0 Å². The maximum Gasteiger partial charge on any atom is 0.509 e. The highest BCUT2D eigenvalue weighted by molar-refractivity contribution is 6.68. The SMILES string of the molecule is CC(=O)O[C@@]12CO[C@@H]1C[C@H](OC(=O)OCC(Cl)(Cl)Cl)[C@@]1(C)C(=O)[C@H](OC(=O)OCC(Cl)(Cl)Cl)C3=C(C)[C@@H](OC(=O)[C@H](O)[C@@H](N=[N+]=[N-])c4ccccc4)C[C@@](O)([C@@H](OC(=O)c4ccccc4)[C@H]21)C3(C)C. The molecule has 25 heteroatoms. The van der Waals surface area contributed by atoms with Crippen molar-refractivity contribution in [1.29, 1.82) is 0 Å². The first-order chi connectivity index (χ1) is 32.1. The molecule has 3 fully saturated rings. The van der Waals surface area contributed by atoms with Gasteiger partial charge in [-0.15, -0.1) is 0 Å². The highest BCUT2D eigenvalue weighted by Gasteiger charge is 2.79. The molecule has 1 heterocycles. The molecule has 6 rings (SSSR count). The fourth-order valence-corrected chi connectivity index (χ4v) is 10.2. The van der Waals surface area contributed by atoms with Crippen molar-refractivity contribution in [3.05, 3.63) is 93.4 Å². The smallest absolute Gasteiger partial charge is 0.456 e. The van der Waals surface area contributed by atoms with E-state index in [2.05, 4.69) is 10.0 Å². The Morgan fingerprint density at radius 2 is 1.45 bits per heavy atom. The number of esters is 3. The molecule has 11 atom stereocenters. The summed E-state index contributed by atoms with van der Waals surface area (Å²) in [6.45, 7) is 4.30. The summed E-state index contributed by atoms with van der Waals surface area (Å²) in [5.74, 6) is -6.34. The average molecular weight is 1080 g/mol. The zero-order valence-electron chi connectivity index (χ0n) is 37.1. The second kappa shape index (κ2) is 20.5. The summed E-state index contributed by atoms with van der Waals surface area (Å²) in [7, 11) is 0. The van der Waals surface area contributed by atoms with E-state index in [-0.39, 0.29) is 22.3 Å². The number of ketones is 1. The van der Waals surface area contributed by atoms with E-state index in [9.17, 15) is 39.7 Å². The predicted molar refractivity (Wildman–Crippen MR) is 244 cm³/mol. The second-order valence-electron chi connectivity index (χ2n) is 17.6. The third-order valence-electron chi connectivity index (χ3n) is 13.1. The lowest BCUT2D eigenvalue weighted by atomic mass is 9.44. The van der Waals surface area contributed by atoms with Crippen LogP contribution in [-0.2, 0) is 52.3 Å². The van der Waals surface area contributed by atoms with Crippen LogP contribution in [0.15, 0.2) is 76.9 Å². The standard InChI is InChI=1S/C44H45Cl6N3O16/c1-21-25(65-36(58)30(55)29(52-53-51)23-12-8-6-9-13-23)17-42(61)34(68-35(57)24-14-10-7-11-15-24)32-40(5,33(56)31(28(21)39(42,3)4)67-38(60)64-20-44(48,49)50)26(66-37(59)63-19-43(45,46)47)16-27-41(32,18-62-27)69-22(2)54/h6-15,25-27,29-32,34,55,61H,16-20H2,1-5H3/t25-,26-,27+,29-,30+,31+,32-,34-,40+,41-,42+/m0/s1. The van der Waals surface area contributed by atoms with Crippen LogP contribution in [0.1, 0.15) is 69.4 Å². The van der Waals surface area contributed by atoms with Crippen LogP contribution in [0.5, 0.6) is 0 Å². The van der Waals surface area contributed by atoms with E-state index in [1.165, 1.54) is 64.1 Å². The van der Waals surface area contributed by atoms with Gasteiger partial charge in [0.25, 0.3) is 0 Å². The summed E-state index contributed by atoms with van der Waals surface area (Å²) in [4.78, 5) is 88.2. The molecule has 19 nitrogen and oxygen atoms in total. The molecule has 69 heavy (non-hydrogen) atoms. The van der Waals surface area contributed by atoms with Crippen LogP contribution >= 0.6 is 69.6 Å². The van der Waals surface area contributed by atoms with Crippen LogP contribution in [0.4, 0.5) is 9.59 Å². The lowest BCUT2D eigenvalue weighted by Crippen LogP contribution is -2.82. The molecule has 1 saturated heterocycles. The summed E-state index contributed by atoms with van der Waals surface area (Å²) < 4.78 is 42.1. The Bertz CT molecular complexity index is 2410. The minimum Gasteiger partial charge on any atom is -0.456 e. The van der Waals surface area contributed by atoms with Gasteiger partial charge in [0.1, 0.15) is 43.2 Å². The van der Waals surface area contributed by atoms with E-state index < -0.39 is 147 Å². The first-order valence-corrected chi connectivity index (χ1v) is 23.2. The summed E-state index contributed by atoms with van der Waals surface area (Å²) in [5, 5.41) is 29.0. The number of aliphatic hydroxyl groups is 2. The number of aliphatic hydroxyl groups excluding tert-OH is 1. The van der Waals surface area contributed by atoms with E-state index in [1.807, 2.05) is 0 Å². The first-order valence-electron chi connectivity index (χ1n) is 20.9. The predicted octanol–water partition coefficient (Wildman–Crippen LogP) is 8.11. The van der Waals surface area contributed by atoms with Crippen molar-refractivity contribution in [2.45, 2.75) is 109 Å². The summed E-state index contributed by atoms with van der Waals surface area (Å²) in [6.07, 6.45) is -15.4. The fourth-order valence-electron chi connectivity index (χ4n) is 9.92. The highest BCUT2D eigenvalue weighted by atomic mass is 35.6. The van der Waals surface area contributed by atoms with Gasteiger partial charge in [-0.05, 0) is 48.2 Å². The zero-order valence-corrected chi connectivity index (χ0v) is 41.7. The Hall–Kier alpha value is -4.27. The van der Waals surface area contributed by atoms with Crippen molar-refractivity contribution in [3.63, 3.8) is 0 Å². The van der Waals surface area contributed by atoms with Gasteiger partial charge in [0, 0.05) is 30.1 Å². The van der Waals surface area contributed by atoms with Gasteiger partial charge in [-0.2, -0.15) is 0 Å². The number of azide groups is 1. The lowest BCUT2D eigenvalue weighted by molar-refractivity contribution is -0.346. The Balaban J connectivity index is 1.63. The third kappa shape index (κ3) is 10.8. The van der Waals surface area contributed by atoms with Crippen molar-refractivity contribution in [2.24, 2.45) is 21.9 Å². The number of ether oxygens (including phenoxy) is 8. The molecular weight excluding hydrogens is 1040 g/mol. The molecule has 2 aromatic carbocycles. The van der Waals surface area contributed by atoms with Crippen LogP contribution in [-0.4, -0.2) is 121 Å². The molecule has 0 unspecified atom stereocenters. The molecule has 0 spiro atoms. The quantitative estimate of drug-likeness (QED) is 0.0386. The largest absolute Gasteiger partial charge is 0.509 e. The Labute approximate surface area is 424 Å². The van der Waals surface area contributed by atoms with Crippen LogP contribution in [0.2, 0.25) is 0 Å². The third-order valence-corrected chi connectivity index (χ3v) is 13.8. The number of nitrogens with zero attached hydrogens (tertiary/aromatic N) is 3. The number of carbonyl (C=O) groups is 6. The number of hydrogen-bond acceptors (Lipinski definition) is 17. The minimum absolute atomic E-state index is 0.0390. The Morgan fingerprint density at radius 3 is 1.97 bits per heavy atom. The summed E-state index contributed by atoms with van der Waals surface area (Å²) in [5.41, 5.74) is 0.322. The van der Waals surface area contributed by atoms with E-state index in [0.717, 1.165) is 6.92 Å². The molecule has 1 aliphatic heterocycles. The average Bonchev–Trinajstić information content (AvgIpc) is 3.27. The van der Waals surface area contributed by atoms with Crippen LogP contribution in [0, 0.1) is 16.7 Å². The van der Waals surface area contributed by atoms with Gasteiger partial charge in [-0.25, -0.2) is 19.2 Å². The van der Waals surface area contributed by atoms with Gasteiger partial charge in [0.2, 0.25) is 7.59 Å². The lowest BCUT2D eigenvalue weighted by Gasteiger charge is -2.67. The van der Waals surface area contributed by atoms with Crippen LogP contribution < -0.4 is 0 Å². The molecule has 374 valence electrons. The first kappa shape index (κ1) is 54.1. The molecule has 2 aromatic rings. The number of alkyl halides is 6. The van der Waals surface area contributed by atoms with Crippen molar-refractivity contribution >= 4 is 106 Å². The normalized spacial score (nSPS) is 30.1.